The average Bonchev–Trinajstić information content (AvgIpc) is 2.56. The molecule has 1 amide bonds. The van der Waals surface area contributed by atoms with Crippen molar-refractivity contribution in [3.8, 4) is 0 Å². The fourth-order valence-electron chi connectivity index (χ4n) is 3.19. The van der Waals surface area contributed by atoms with Crippen LogP contribution in [0.3, 0.4) is 0 Å². The van der Waals surface area contributed by atoms with Gasteiger partial charge in [-0.25, -0.2) is 0 Å². The largest absolute Gasteiger partial charge is 0.398 e. The van der Waals surface area contributed by atoms with E-state index in [1.165, 1.54) is 0 Å². The van der Waals surface area contributed by atoms with Gasteiger partial charge in [-0.3, -0.25) is 4.79 Å². The number of carbonyl (C=O) groups excluding carboxylic acids is 1. The Labute approximate surface area is 151 Å². The Kier molecular flexibility index (Phi) is 5.09. The van der Waals surface area contributed by atoms with Gasteiger partial charge in [0.15, 0.2) is 0 Å². The van der Waals surface area contributed by atoms with Gasteiger partial charge >= 0.3 is 0 Å². The molecule has 0 radical (unpaired) electrons. The van der Waals surface area contributed by atoms with E-state index in [-0.39, 0.29) is 11.9 Å². The highest BCUT2D eigenvalue weighted by atomic mass is 79.9. The van der Waals surface area contributed by atoms with Crippen molar-refractivity contribution < 1.29 is 4.79 Å². The lowest BCUT2D eigenvalue weighted by Crippen LogP contribution is -2.40. The minimum Gasteiger partial charge on any atom is -0.398 e. The summed E-state index contributed by atoms with van der Waals surface area (Å²) < 4.78 is 1.03. The van der Waals surface area contributed by atoms with E-state index in [0.29, 0.717) is 6.54 Å². The van der Waals surface area contributed by atoms with Gasteiger partial charge in [0, 0.05) is 22.4 Å². The summed E-state index contributed by atoms with van der Waals surface area (Å²) in [5, 5.41) is 3.08. The lowest BCUT2D eigenvalue weighted by molar-refractivity contribution is -0.120. The highest BCUT2D eigenvalue weighted by Gasteiger charge is 2.21. The zero-order valence-electron chi connectivity index (χ0n) is 13.8. The second kappa shape index (κ2) is 7.26. The number of benzene rings is 2. The number of anilines is 2. The average molecular weight is 388 g/mol. The van der Waals surface area contributed by atoms with Crippen LogP contribution >= 0.6 is 15.9 Å². The Bertz CT molecular complexity index is 730. The number of hydrogen-bond donors (Lipinski definition) is 2. The molecule has 3 rings (SSSR count). The van der Waals surface area contributed by atoms with Crippen LogP contribution in [0.25, 0.3) is 0 Å². The molecule has 0 spiro atoms. The first kappa shape index (κ1) is 16.8. The molecule has 1 aliphatic rings. The molecule has 2 aromatic rings. The van der Waals surface area contributed by atoms with Gasteiger partial charge in [0.2, 0.25) is 5.91 Å². The number of nitrogens with one attached hydrogen (secondary N) is 1. The van der Waals surface area contributed by atoms with Gasteiger partial charge in [0.25, 0.3) is 0 Å². The van der Waals surface area contributed by atoms with Crippen molar-refractivity contribution in [3.05, 3.63) is 58.1 Å². The number of nitrogen functional groups attached to an aromatic ring is 1. The van der Waals surface area contributed by atoms with Crippen LogP contribution in [0.5, 0.6) is 0 Å². The van der Waals surface area contributed by atoms with E-state index in [0.717, 1.165) is 46.4 Å². The van der Waals surface area contributed by atoms with Gasteiger partial charge in [0.05, 0.1) is 12.6 Å². The summed E-state index contributed by atoms with van der Waals surface area (Å²) in [4.78, 5) is 14.6. The Morgan fingerprint density at radius 3 is 2.79 bits per heavy atom. The molecule has 0 aliphatic carbocycles. The van der Waals surface area contributed by atoms with E-state index in [9.17, 15) is 4.79 Å². The third kappa shape index (κ3) is 3.73. The molecular formula is C19H22BrN3O. The highest BCUT2D eigenvalue weighted by molar-refractivity contribution is 9.10. The van der Waals surface area contributed by atoms with Crippen LogP contribution in [0.1, 0.15) is 30.5 Å². The fourth-order valence-corrected chi connectivity index (χ4v) is 3.45. The van der Waals surface area contributed by atoms with E-state index in [2.05, 4.69) is 32.2 Å². The van der Waals surface area contributed by atoms with Crippen LogP contribution in [0.2, 0.25) is 0 Å². The maximum absolute atomic E-state index is 12.5. The molecule has 5 heteroatoms. The Hall–Kier alpha value is -2.01. The smallest absolute Gasteiger partial charge is 0.239 e. The maximum atomic E-state index is 12.5. The number of amides is 1. The van der Waals surface area contributed by atoms with Crippen LogP contribution in [-0.4, -0.2) is 19.0 Å². The molecule has 3 N–H and O–H groups in total. The van der Waals surface area contributed by atoms with Crippen molar-refractivity contribution in [1.82, 2.24) is 5.32 Å². The van der Waals surface area contributed by atoms with E-state index in [1.807, 2.05) is 43.3 Å². The Morgan fingerprint density at radius 1 is 1.29 bits per heavy atom. The van der Waals surface area contributed by atoms with Crippen molar-refractivity contribution in [1.29, 1.82) is 0 Å². The summed E-state index contributed by atoms with van der Waals surface area (Å²) >= 11 is 3.43. The van der Waals surface area contributed by atoms with Crippen molar-refractivity contribution >= 4 is 33.2 Å². The minimum absolute atomic E-state index is 0.0179. The molecule has 1 atom stereocenters. The number of hydrogen-bond acceptors (Lipinski definition) is 3. The van der Waals surface area contributed by atoms with Crippen molar-refractivity contribution in [3.63, 3.8) is 0 Å². The van der Waals surface area contributed by atoms with Crippen LogP contribution in [-0.2, 0) is 11.2 Å². The van der Waals surface area contributed by atoms with Crippen molar-refractivity contribution in [2.75, 3.05) is 23.7 Å². The second-order valence-corrected chi connectivity index (χ2v) is 7.13. The van der Waals surface area contributed by atoms with Crippen LogP contribution < -0.4 is 16.0 Å². The van der Waals surface area contributed by atoms with Crippen LogP contribution in [0.15, 0.2) is 46.9 Å². The molecule has 0 fully saturated rings. The first-order valence-corrected chi connectivity index (χ1v) is 9.01. The standard InChI is InChI=1S/C19H22BrN3O/c1-13(14-7-9-15(20)10-8-14)22-19(24)12-23-11-3-4-16-17(21)5-2-6-18(16)23/h2,5-10,13H,3-4,11-12,21H2,1H3,(H,22,24). The molecule has 126 valence electrons. The summed E-state index contributed by atoms with van der Waals surface area (Å²) in [5.74, 6) is 0.0284. The molecule has 1 aliphatic heterocycles. The summed E-state index contributed by atoms with van der Waals surface area (Å²) in [5.41, 5.74) is 10.2. The molecule has 0 aromatic heterocycles. The predicted molar refractivity (Wildman–Crippen MR) is 102 cm³/mol. The lowest BCUT2D eigenvalue weighted by atomic mass is 10.00. The highest BCUT2D eigenvalue weighted by Crippen LogP contribution is 2.31. The summed E-state index contributed by atoms with van der Waals surface area (Å²) in [6.45, 7) is 3.25. The minimum atomic E-state index is -0.0179. The Balaban J connectivity index is 1.66. The number of nitrogens with zero attached hydrogens (tertiary/aromatic N) is 1. The third-order valence-corrected chi connectivity index (χ3v) is 4.99. The first-order chi connectivity index (χ1) is 11.5. The van der Waals surface area contributed by atoms with E-state index < -0.39 is 0 Å². The van der Waals surface area contributed by atoms with E-state index in [4.69, 9.17) is 5.73 Å². The topological polar surface area (TPSA) is 58.4 Å². The monoisotopic (exact) mass is 387 g/mol. The van der Waals surface area contributed by atoms with Gasteiger partial charge in [-0.15, -0.1) is 0 Å². The lowest BCUT2D eigenvalue weighted by Gasteiger charge is -2.31. The van der Waals surface area contributed by atoms with Gasteiger partial charge < -0.3 is 16.0 Å². The van der Waals surface area contributed by atoms with E-state index in [1.54, 1.807) is 0 Å². The van der Waals surface area contributed by atoms with Crippen molar-refractivity contribution in [2.24, 2.45) is 0 Å². The summed E-state index contributed by atoms with van der Waals surface area (Å²) in [6, 6.07) is 13.9. The molecule has 0 saturated heterocycles. The molecule has 0 saturated carbocycles. The van der Waals surface area contributed by atoms with Crippen molar-refractivity contribution in [2.45, 2.75) is 25.8 Å². The first-order valence-electron chi connectivity index (χ1n) is 8.22. The number of rotatable bonds is 4. The molecule has 2 aromatic carbocycles. The van der Waals surface area contributed by atoms with Gasteiger partial charge in [-0.2, -0.15) is 0 Å². The molecule has 4 nitrogen and oxygen atoms in total. The predicted octanol–water partition coefficient (Wildman–Crippen LogP) is 3.66. The Morgan fingerprint density at radius 2 is 2.04 bits per heavy atom. The summed E-state index contributed by atoms with van der Waals surface area (Å²) in [6.07, 6.45) is 2.01. The second-order valence-electron chi connectivity index (χ2n) is 6.21. The molecule has 1 heterocycles. The number of nitrogens with two attached hydrogens (primary N) is 1. The van der Waals surface area contributed by atoms with E-state index >= 15 is 0 Å². The molecular weight excluding hydrogens is 366 g/mol. The molecule has 1 unspecified atom stereocenters. The quantitative estimate of drug-likeness (QED) is 0.786. The van der Waals surface area contributed by atoms with Crippen LogP contribution in [0, 0.1) is 0 Å². The maximum Gasteiger partial charge on any atom is 0.239 e. The van der Waals surface area contributed by atoms with Gasteiger partial charge in [0.1, 0.15) is 0 Å². The summed E-state index contributed by atoms with van der Waals surface area (Å²) in [7, 11) is 0. The van der Waals surface area contributed by atoms with Crippen LogP contribution in [0.4, 0.5) is 11.4 Å². The van der Waals surface area contributed by atoms with Gasteiger partial charge in [-0.1, -0.05) is 34.1 Å². The fraction of sp³-hybridized carbons (Fsp3) is 0.316. The zero-order chi connectivity index (χ0) is 17.1. The number of fused-ring (bicyclic) bond motifs is 1. The molecule has 0 bridgehead atoms. The zero-order valence-corrected chi connectivity index (χ0v) is 15.3. The number of halogens is 1. The normalized spacial score (nSPS) is 14.8. The van der Waals surface area contributed by atoms with Gasteiger partial charge in [-0.05, 0) is 55.2 Å². The molecule has 24 heavy (non-hydrogen) atoms. The third-order valence-electron chi connectivity index (χ3n) is 4.46. The number of carbonyl (C=O) groups is 1. The SMILES string of the molecule is CC(NC(=O)CN1CCCc2c(N)cccc21)c1ccc(Br)cc1.